The third-order valence-electron chi connectivity index (χ3n) is 13.4. The van der Waals surface area contributed by atoms with Crippen LogP contribution in [0.3, 0.4) is 0 Å². The molecular formula is C67H116O6. The van der Waals surface area contributed by atoms with Crippen molar-refractivity contribution in [1.29, 1.82) is 0 Å². The summed E-state index contributed by atoms with van der Waals surface area (Å²) in [6.07, 6.45) is 80.5. The minimum atomic E-state index is -0.811. The highest BCUT2D eigenvalue weighted by atomic mass is 16.6. The molecule has 0 aromatic heterocycles. The van der Waals surface area contributed by atoms with Gasteiger partial charge in [-0.15, -0.1) is 0 Å². The van der Waals surface area contributed by atoms with Crippen LogP contribution < -0.4 is 0 Å². The van der Waals surface area contributed by atoms with Gasteiger partial charge in [0.2, 0.25) is 0 Å². The van der Waals surface area contributed by atoms with E-state index in [1.54, 1.807) is 0 Å². The van der Waals surface area contributed by atoms with Gasteiger partial charge in [0.25, 0.3) is 0 Å². The Morgan fingerprint density at radius 1 is 0.288 bits per heavy atom. The van der Waals surface area contributed by atoms with Crippen molar-refractivity contribution in [2.24, 2.45) is 0 Å². The first-order valence-corrected chi connectivity index (χ1v) is 31.1. The molecule has 0 aliphatic rings. The normalized spacial score (nSPS) is 12.6. The largest absolute Gasteiger partial charge is 0.462 e. The van der Waals surface area contributed by atoms with Gasteiger partial charge in [-0.1, -0.05) is 286 Å². The van der Waals surface area contributed by atoms with Gasteiger partial charge in [0.1, 0.15) is 13.2 Å². The first kappa shape index (κ1) is 69.6. The van der Waals surface area contributed by atoms with Crippen molar-refractivity contribution >= 4 is 17.9 Å². The molecule has 6 heteroatoms. The highest BCUT2D eigenvalue weighted by Crippen LogP contribution is 2.16. The van der Waals surface area contributed by atoms with Gasteiger partial charge in [0.15, 0.2) is 6.10 Å². The average molecular weight is 1020 g/mol. The Balaban J connectivity index is 4.15. The molecule has 0 rings (SSSR count). The lowest BCUT2D eigenvalue weighted by Gasteiger charge is -2.18. The number of carbonyl (C=O) groups is 3. The van der Waals surface area contributed by atoms with Crippen molar-refractivity contribution in [2.75, 3.05) is 13.2 Å². The molecule has 73 heavy (non-hydrogen) atoms. The summed E-state index contributed by atoms with van der Waals surface area (Å²) in [5.74, 6) is -0.977. The van der Waals surface area contributed by atoms with Gasteiger partial charge in [0, 0.05) is 19.3 Å². The highest BCUT2D eigenvalue weighted by molar-refractivity contribution is 5.71. The maximum absolute atomic E-state index is 12.8. The molecule has 0 saturated carbocycles. The van der Waals surface area contributed by atoms with E-state index in [-0.39, 0.29) is 37.5 Å². The van der Waals surface area contributed by atoms with Gasteiger partial charge in [-0.2, -0.15) is 0 Å². The van der Waals surface area contributed by atoms with E-state index in [4.69, 9.17) is 14.2 Å². The lowest BCUT2D eigenvalue weighted by atomic mass is 10.0. The summed E-state index contributed by atoms with van der Waals surface area (Å²) in [6, 6.07) is 0. The Morgan fingerprint density at radius 3 is 0.890 bits per heavy atom. The van der Waals surface area contributed by atoms with E-state index in [0.29, 0.717) is 19.3 Å². The van der Waals surface area contributed by atoms with Crippen molar-refractivity contribution in [3.8, 4) is 0 Å². The third kappa shape index (κ3) is 59.3. The highest BCUT2D eigenvalue weighted by Gasteiger charge is 2.19. The Hall–Kier alpha value is -3.41. The molecular weight excluding hydrogens is 901 g/mol. The van der Waals surface area contributed by atoms with E-state index < -0.39 is 6.10 Å². The second kappa shape index (κ2) is 61.1. The molecule has 0 aliphatic carbocycles. The predicted octanol–water partition coefficient (Wildman–Crippen LogP) is 21.1. The van der Waals surface area contributed by atoms with Crippen molar-refractivity contribution in [3.05, 3.63) is 85.1 Å². The summed E-state index contributed by atoms with van der Waals surface area (Å²) >= 11 is 0. The minimum absolute atomic E-state index is 0.102. The number of hydrogen-bond acceptors (Lipinski definition) is 6. The molecule has 0 bridgehead atoms. The quantitative estimate of drug-likeness (QED) is 0.0261. The Bertz CT molecular complexity index is 1400. The molecule has 0 N–H and O–H groups in total. The predicted molar refractivity (Wildman–Crippen MR) is 316 cm³/mol. The summed E-state index contributed by atoms with van der Waals surface area (Å²) < 4.78 is 16.8. The number of esters is 3. The zero-order valence-electron chi connectivity index (χ0n) is 48.1. The van der Waals surface area contributed by atoms with Crippen LogP contribution in [0.25, 0.3) is 0 Å². The SMILES string of the molecule is CC/C=C\C/C=C\C/C=C\C/C=C\CCC(=O)OC(COC(=O)CCCCCCCCCCCCC)COC(=O)CCCCCCCCCCCCCCCCCC/C=C\C/C=C\C/C=C\CCCCCCC. The summed E-state index contributed by atoms with van der Waals surface area (Å²) in [5.41, 5.74) is 0. The van der Waals surface area contributed by atoms with Crippen LogP contribution in [-0.4, -0.2) is 37.2 Å². The second-order valence-corrected chi connectivity index (χ2v) is 20.6. The summed E-state index contributed by atoms with van der Waals surface area (Å²) in [5, 5.41) is 0. The van der Waals surface area contributed by atoms with E-state index >= 15 is 0 Å². The topological polar surface area (TPSA) is 78.9 Å². The van der Waals surface area contributed by atoms with Crippen LogP contribution >= 0.6 is 0 Å². The second-order valence-electron chi connectivity index (χ2n) is 20.6. The molecule has 0 saturated heterocycles. The van der Waals surface area contributed by atoms with Crippen LogP contribution in [0.5, 0.6) is 0 Å². The molecule has 0 aromatic carbocycles. The van der Waals surface area contributed by atoms with E-state index in [0.717, 1.165) is 77.0 Å². The van der Waals surface area contributed by atoms with Crippen LogP contribution in [-0.2, 0) is 28.6 Å². The first-order chi connectivity index (χ1) is 36.0. The zero-order chi connectivity index (χ0) is 52.9. The molecule has 0 aromatic rings. The van der Waals surface area contributed by atoms with Gasteiger partial charge in [0.05, 0.1) is 0 Å². The standard InChI is InChI=1S/C67H116O6/c1-4-7-10-13-16-19-22-24-25-26-27-28-29-30-31-32-33-34-35-36-37-38-39-40-41-43-45-48-51-54-57-60-66(69)72-63-64(62-71-65(68)59-56-53-50-47-44-21-18-15-12-9-6-3)73-67(70)61-58-55-52-49-46-42-23-20-17-14-11-8-5-2/h8,11,17,20,22,24,26-27,29-30,42,46,52,55,64H,4-7,9-10,12-16,18-19,21,23,25,28,31-41,43-45,47-51,53-54,56-63H2,1-3H3/b11-8-,20-17-,24-22-,27-26-,30-29-,46-42-,55-52-. The fourth-order valence-corrected chi connectivity index (χ4v) is 8.76. The van der Waals surface area contributed by atoms with E-state index in [9.17, 15) is 14.4 Å². The molecule has 0 fully saturated rings. The zero-order valence-corrected chi connectivity index (χ0v) is 48.1. The number of unbranched alkanes of at least 4 members (excludes halogenated alkanes) is 31. The van der Waals surface area contributed by atoms with Gasteiger partial charge >= 0.3 is 17.9 Å². The maximum atomic E-state index is 12.8. The van der Waals surface area contributed by atoms with Gasteiger partial charge in [-0.3, -0.25) is 14.4 Å². The number of allylic oxidation sites excluding steroid dienone is 14. The monoisotopic (exact) mass is 1020 g/mol. The van der Waals surface area contributed by atoms with Crippen molar-refractivity contribution < 1.29 is 28.6 Å². The molecule has 0 radical (unpaired) electrons. The van der Waals surface area contributed by atoms with Crippen molar-refractivity contribution in [3.63, 3.8) is 0 Å². The fourth-order valence-electron chi connectivity index (χ4n) is 8.76. The maximum Gasteiger partial charge on any atom is 0.306 e. The molecule has 0 aliphatic heterocycles. The molecule has 1 unspecified atom stereocenters. The third-order valence-corrected chi connectivity index (χ3v) is 13.4. The van der Waals surface area contributed by atoms with Crippen LogP contribution in [0.1, 0.15) is 303 Å². The molecule has 0 amide bonds. The smallest absolute Gasteiger partial charge is 0.306 e. The first-order valence-electron chi connectivity index (χ1n) is 31.1. The molecule has 6 nitrogen and oxygen atoms in total. The van der Waals surface area contributed by atoms with Crippen molar-refractivity contribution in [2.45, 2.75) is 309 Å². The molecule has 1 atom stereocenters. The fraction of sp³-hybridized carbons (Fsp3) is 0.746. The van der Waals surface area contributed by atoms with Crippen LogP contribution in [0.15, 0.2) is 85.1 Å². The summed E-state index contributed by atoms with van der Waals surface area (Å²) in [7, 11) is 0. The van der Waals surface area contributed by atoms with Gasteiger partial charge in [-0.25, -0.2) is 0 Å². The van der Waals surface area contributed by atoms with Gasteiger partial charge in [-0.05, 0) is 83.5 Å². The van der Waals surface area contributed by atoms with E-state index in [1.165, 1.54) is 180 Å². The van der Waals surface area contributed by atoms with Crippen LogP contribution in [0.2, 0.25) is 0 Å². The molecule has 420 valence electrons. The summed E-state index contributed by atoms with van der Waals surface area (Å²) in [4.78, 5) is 38.1. The molecule has 0 heterocycles. The lowest BCUT2D eigenvalue weighted by molar-refractivity contribution is -0.166. The van der Waals surface area contributed by atoms with Gasteiger partial charge < -0.3 is 14.2 Å². The van der Waals surface area contributed by atoms with E-state index in [1.807, 2.05) is 6.08 Å². The lowest BCUT2D eigenvalue weighted by Crippen LogP contribution is -2.30. The Kier molecular flexibility index (Phi) is 58.3. The number of ether oxygens (including phenoxy) is 3. The average Bonchev–Trinajstić information content (AvgIpc) is 3.39. The number of carbonyl (C=O) groups excluding carboxylic acids is 3. The van der Waals surface area contributed by atoms with E-state index in [2.05, 4.69) is 99.8 Å². The summed E-state index contributed by atoms with van der Waals surface area (Å²) in [6.45, 7) is 6.46. The number of hydrogen-bond donors (Lipinski definition) is 0. The Labute approximate surface area is 452 Å². The minimum Gasteiger partial charge on any atom is -0.462 e. The number of rotatable bonds is 56. The van der Waals surface area contributed by atoms with Crippen LogP contribution in [0.4, 0.5) is 0 Å². The molecule has 0 spiro atoms. The van der Waals surface area contributed by atoms with Crippen molar-refractivity contribution in [1.82, 2.24) is 0 Å². The van der Waals surface area contributed by atoms with Crippen LogP contribution in [0, 0.1) is 0 Å². The Morgan fingerprint density at radius 2 is 0.562 bits per heavy atom.